The smallest absolute Gasteiger partial charge is 0.303 e. The van der Waals surface area contributed by atoms with E-state index in [1.807, 2.05) is 0 Å². The average molecular weight is 525 g/mol. The molecule has 2 fully saturated rings. The highest BCUT2D eigenvalue weighted by Crippen LogP contribution is 2.63. The summed E-state index contributed by atoms with van der Waals surface area (Å²) in [5, 5.41) is 51.3. The number of carbonyl (C=O) groups is 1. The Morgan fingerprint density at radius 3 is 2.41 bits per heavy atom. The van der Waals surface area contributed by atoms with Gasteiger partial charge in [0.1, 0.15) is 30.5 Å². The van der Waals surface area contributed by atoms with Crippen molar-refractivity contribution in [1.29, 1.82) is 0 Å². The van der Waals surface area contributed by atoms with Crippen molar-refractivity contribution in [3.63, 3.8) is 0 Å². The predicted octanol–water partition coefficient (Wildman–Crippen LogP) is 1.59. The highest BCUT2D eigenvalue weighted by atomic mass is 16.7. The quantitative estimate of drug-likeness (QED) is 0.258. The minimum atomic E-state index is -1.56. The third kappa shape index (κ3) is 5.04. The lowest BCUT2D eigenvalue weighted by Gasteiger charge is -2.53. The Bertz CT molecular complexity index is 927. The van der Waals surface area contributed by atoms with E-state index in [9.17, 15) is 30.3 Å². The Labute approximate surface area is 219 Å². The van der Waals surface area contributed by atoms with Crippen molar-refractivity contribution in [2.45, 2.75) is 110 Å². The molecule has 1 saturated carbocycles. The van der Waals surface area contributed by atoms with Crippen molar-refractivity contribution < 1.29 is 44.5 Å². The van der Waals surface area contributed by atoms with Crippen LogP contribution in [0.3, 0.4) is 0 Å². The number of carbonyl (C=O) groups excluding carboxylic acids is 1. The zero-order valence-corrected chi connectivity index (χ0v) is 22.6. The molecule has 0 unspecified atom stereocenters. The maximum atomic E-state index is 12.1. The number of aliphatic hydroxyl groups is 5. The van der Waals surface area contributed by atoms with Gasteiger partial charge in [-0.25, -0.2) is 0 Å². The molecule has 0 radical (unpaired) electrons. The van der Waals surface area contributed by atoms with E-state index in [0.717, 1.165) is 25.7 Å². The molecule has 0 aromatic carbocycles. The number of hydrogen-bond acceptors (Lipinski definition) is 9. The van der Waals surface area contributed by atoms with Gasteiger partial charge in [-0.1, -0.05) is 44.9 Å². The third-order valence-electron chi connectivity index (χ3n) is 9.50. The molecule has 9 heteroatoms. The van der Waals surface area contributed by atoms with Gasteiger partial charge in [0.2, 0.25) is 0 Å². The summed E-state index contributed by atoms with van der Waals surface area (Å²) in [6, 6.07) is 0. The molecule has 210 valence electrons. The zero-order chi connectivity index (χ0) is 27.3. The zero-order valence-electron chi connectivity index (χ0n) is 22.6. The van der Waals surface area contributed by atoms with Gasteiger partial charge in [0.15, 0.2) is 6.29 Å². The number of hydrogen-bond donors (Lipinski definition) is 5. The summed E-state index contributed by atoms with van der Waals surface area (Å²) < 4.78 is 17.8. The fourth-order valence-electron chi connectivity index (χ4n) is 7.20. The molecule has 3 aliphatic carbocycles. The van der Waals surface area contributed by atoms with E-state index in [0.29, 0.717) is 17.9 Å². The van der Waals surface area contributed by atoms with Gasteiger partial charge in [0.25, 0.3) is 0 Å². The first-order valence-electron chi connectivity index (χ1n) is 13.5. The van der Waals surface area contributed by atoms with E-state index < -0.39 is 60.9 Å². The summed E-state index contributed by atoms with van der Waals surface area (Å²) in [6.07, 6.45) is -2.14. The maximum Gasteiger partial charge on any atom is 0.303 e. The number of fused-ring (bicyclic) bond motifs is 3. The maximum absolute atomic E-state index is 12.1. The second kappa shape index (κ2) is 10.7. The number of aliphatic hydroxyl groups excluding tert-OH is 5. The molecule has 0 amide bonds. The molecule has 1 aliphatic heterocycles. The van der Waals surface area contributed by atoms with E-state index in [4.69, 9.17) is 14.2 Å². The molecular formula is C28H44O9. The topological polar surface area (TPSA) is 146 Å². The molecule has 4 aliphatic rings. The monoisotopic (exact) mass is 524 g/mol. The summed E-state index contributed by atoms with van der Waals surface area (Å²) >= 11 is 0. The lowest BCUT2D eigenvalue weighted by atomic mass is 9.54. The van der Waals surface area contributed by atoms with E-state index in [2.05, 4.69) is 27.7 Å². The van der Waals surface area contributed by atoms with Crippen molar-refractivity contribution in [1.82, 2.24) is 0 Å². The molecule has 5 N–H and O–H groups in total. The van der Waals surface area contributed by atoms with E-state index in [-0.39, 0.29) is 17.9 Å². The van der Waals surface area contributed by atoms with Gasteiger partial charge >= 0.3 is 5.97 Å². The van der Waals surface area contributed by atoms with Crippen LogP contribution < -0.4 is 0 Å². The molecule has 0 aromatic heterocycles. The Balaban J connectivity index is 1.79. The van der Waals surface area contributed by atoms with Gasteiger partial charge in [-0.15, -0.1) is 0 Å². The van der Waals surface area contributed by atoms with Crippen molar-refractivity contribution in [2.24, 2.45) is 22.7 Å². The number of allylic oxidation sites excluding steroid dienone is 2. The Kier molecular flexibility index (Phi) is 8.27. The van der Waals surface area contributed by atoms with Crippen molar-refractivity contribution in [2.75, 3.05) is 13.2 Å². The van der Waals surface area contributed by atoms with Crippen LogP contribution in [0.15, 0.2) is 22.8 Å². The largest absolute Gasteiger partial charge is 0.458 e. The normalized spacial score (nSPS) is 44.2. The molecule has 9 nitrogen and oxygen atoms in total. The Hall–Kier alpha value is -1.33. The van der Waals surface area contributed by atoms with Gasteiger partial charge in [0, 0.05) is 12.3 Å². The predicted molar refractivity (Wildman–Crippen MR) is 134 cm³/mol. The van der Waals surface area contributed by atoms with E-state index in [1.54, 1.807) is 6.08 Å². The summed E-state index contributed by atoms with van der Waals surface area (Å²) in [7, 11) is 0. The standard InChI is InChI=1S/C28H44O9/c1-14(2)17-6-7-27(4)8-9-28(5)18(22(17)27)11-19(35-15(3)31)16(12-29)10-21(28)37-26-25(34)24(33)23(32)20(13-30)36-26/h10,14,18-21,23-26,29-30,32-34H,6-9,11-13H2,1-5H3/t18-,19-,20-,21+,23-,24+,25-,26+,27-,28-/m1/s1. The minimum absolute atomic E-state index is 0.0225. The third-order valence-corrected chi connectivity index (χ3v) is 9.50. The van der Waals surface area contributed by atoms with Crippen LogP contribution in [-0.2, 0) is 19.0 Å². The minimum Gasteiger partial charge on any atom is -0.458 e. The molecular weight excluding hydrogens is 480 g/mol. The van der Waals surface area contributed by atoms with Crippen molar-refractivity contribution >= 4 is 5.97 Å². The van der Waals surface area contributed by atoms with Gasteiger partial charge < -0.3 is 39.7 Å². The van der Waals surface area contributed by atoms with Gasteiger partial charge in [-0.05, 0) is 54.9 Å². The summed E-state index contributed by atoms with van der Waals surface area (Å²) in [5.74, 6) is -0.0854. The van der Waals surface area contributed by atoms with Crippen LogP contribution in [0.2, 0.25) is 0 Å². The molecule has 10 atom stereocenters. The Morgan fingerprint density at radius 2 is 1.81 bits per heavy atom. The summed E-state index contributed by atoms with van der Waals surface area (Å²) in [6.45, 7) is 9.35. The summed E-state index contributed by atoms with van der Waals surface area (Å²) in [4.78, 5) is 12.1. The molecule has 0 spiro atoms. The Morgan fingerprint density at radius 1 is 1.11 bits per heavy atom. The SMILES string of the molecule is CC(=O)O[C@@H]1C[C@@H]2C3=C(C(C)C)CC[C@]3(C)CC[C@@]2(C)[C@@H](O[C@@H]2O[C@H](CO)[C@@H](O)[C@H](O)[C@H]2O)C=C1CO. The van der Waals surface area contributed by atoms with Crippen LogP contribution in [0.25, 0.3) is 0 Å². The second-order valence-electron chi connectivity index (χ2n) is 12.2. The van der Waals surface area contributed by atoms with E-state index in [1.165, 1.54) is 18.1 Å². The van der Waals surface area contributed by atoms with Gasteiger partial charge in [-0.2, -0.15) is 0 Å². The lowest BCUT2D eigenvalue weighted by molar-refractivity contribution is -0.316. The van der Waals surface area contributed by atoms with Crippen LogP contribution in [0, 0.1) is 22.7 Å². The molecule has 0 aromatic rings. The first-order chi connectivity index (χ1) is 17.4. The molecule has 4 rings (SSSR count). The number of rotatable bonds is 6. The summed E-state index contributed by atoms with van der Waals surface area (Å²) in [5.41, 5.74) is 2.88. The highest BCUT2D eigenvalue weighted by molar-refractivity contribution is 5.66. The molecule has 0 bridgehead atoms. The van der Waals surface area contributed by atoms with Crippen molar-refractivity contribution in [3.8, 4) is 0 Å². The first kappa shape index (κ1) is 28.7. The van der Waals surface area contributed by atoms with Gasteiger partial charge in [-0.3, -0.25) is 4.79 Å². The fourth-order valence-corrected chi connectivity index (χ4v) is 7.20. The van der Waals surface area contributed by atoms with Crippen LogP contribution in [-0.4, -0.2) is 87.6 Å². The number of ether oxygens (including phenoxy) is 3. The van der Waals surface area contributed by atoms with Crippen LogP contribution in [0.1, 0.15) is 66.7 Å². The van der Waals surface area contributed by atoms with Crippen LogP contribution in [0.4, 0.5) is 0 Å². The number of esters is 1. The molecule has 1 heterocycles. The first-order valence-corrected chi connectivity index (χ1v) is 13.5. The fraction of sp³-hybridized carbons (Fsp3) is 0.821. The van der Waals surface area contributed by atoms with Crippen LogP contribution in [0.5, 0.6) is 0 Å². The lowest BCUT2D eigenvalue weighted by Crippen LogP contribution is -2.60. The van der Waals surface area contributed by atoms with Gasteiger partial charge in [0.05, 0.1) is 19.3 Å². The molecule has 37 heavy (non-hydrogen) atoms. The molecule has 1 saturated heterocycles. The average Bonchev–Trinajstić information content (AvgIpc) is 3.15. The van der Waals surface area contributed by atoms with Crippen molar-refractivity contribution in [3.05, 3.63) is 22.8 Å². The highest BCUT2D eigenvalue weighted by Gasteiger charge is 2.57. The van der Waals surface area contributed by atoms with Crippen LogP contribution >= 0.6 is 0 Å². The second-order valence-corrected chi connectivity index (χ2v) is 12.2. The van der Waals surface area contributed by atoms with E-state index >= 15 is 0 Å².